The van der Waals surface area contributed by atoms with E-state index in [-0.39, 0.29) is 17.5 Å². The van der Waals surface area contributed by atoms with E-state index in [4.69, 9.17) is 4.52 Å². The number of aryl methyl sites for hydroxylation is 1. The average molecular weight is 392 g/mol. The molecule has 0 bridgehead atoms. The standard InChI is InChI=1S/C21H20N4O4/c1-14-7-8-17(13-18(14)25(27)28)21(26)24-11-9-16(10-12-24)20-22-19(23-29-20)15-5-3-2-4-6-15/h2-8,13,16H,9-12H2,1H3. The Labute approximate surface area is 167 Å². The Morgan fingerprint density at radius 2 is 1.90 bits per heavy atom. The average Bonchev–Trinajstić information content (AvgIpc) is 3.24. The summed E-state index contributed by atoms with van der Waals surface area (Å²) in [4.78, 5) is 29.7. The molecular weight excluding hydrogens is 372 g/mol. The van der Waals surface area contributed by atoms with Crippen molar-refractivity contribution in [3.8, 4) is 11.4 Å². The lowest BCUT2D eigenvalue weighted by Crippen LogP contribution is -2.38. The van der Waals surface area contributed by atoms with Gasteiger partial charge in [-0.1, -0.05) is 41.6 Å². The quantitative estimate of drug-likeness (QED) is 0.492. The van der Waals surface area contributed by atoms with Gasteiger partial charge < -0.3 is 9.42 Å². The summed E-state index contributed by atoms with van der Waals surface area (Å²) in [5.74, 6) is 1.05. The van der Waals surface area contributed by atoms with Crippen molar-refractivity contribution in [1.82, 2.24) is 15.0 Å². The zero-order chi connectivity index (χ0) is 20.4. The Kier molecular flexibility index (Phi) is 5.07. The maximum Gasteiger partial charge on any atom is 0.273 e. The van der Waals surface area contributed by atoms with Crippen LogP contribution in [0.1, 0.15) is 40.6 Å². The highest BCUT2D eigenvalue weighted by atomic mass is 16.6. The first kappa shape index (κ1) is 18.8. The highest BCUT2D eigenvalue weighted by Gasteiger charge is 2.29. The Morgan fingerprint density at radius 1 is 1.17 bits per heavy atom. The van der Waals surface area contributed by atoms with Gasteiger partial charge in [-0.25, -0.2) is 0 Å². The fraction of sp³-hybridized carbons (Fsp3) is 0.286. The van der Waals surface area contributed by atoms with Gasteiger partial charge in [-0.3, -0.25) is 14.9 Å². The molecule has 1 amide bonds. The molecule has 0 aliphatic carbocycles. The highest BCUT2D eigenvalue weighted by molar-refractivity contribution is 5.95. The molecule has 148 valence electrons. The zero-order valence-corrected chi connectivity index (χ0v) is 15.9. The van der Waals surface area contributed by atoms with Gasteiger partial charge in [0.1, 0.15) is 0 Å². The van der Waals surface area contributed by atoms with Crippen LogP contribution in [0.15, 0.2) is 53.1 Å². The van der Waals surface area contributed by atoms with Crippen molar-refractivity contribution in [2.24, 2.45) is 0 Å². The molecule has 29 heavy (non-hydrogen) atoms. The van der Waals surface area contributed by atoms with Crippen LogP contribution in [-0.2, 0) is 0 Å². The Bertz CT molecular complexity index is 1040. The normalized spacial score (nSPS) is 14.7. The predicted molar refractivity (Wildman–Crippen MR) is 105 cm³/mol. The number of nitrogens with zero attached hydrogens (tertiary/aromatic N) is 4. The maximum atomic E-state index is 12.8. The molecule has 0 atom stereocenters. The van der Waals surface area contributed by atoms with Crippen molar-refractivity contribution >= 4 is 11.6 Å². The maximum absolute atomic E-state index is 12.8. The number of hydrogen-bond donors (Lipinski definition) is 0. The first-order valence-electron chi connectivity index (χ1n) is 9.46. The summed E-state index contributed by atoms with van der Waals surface area (Å²) in [7, 11) is 0. The number of carbonyl (C=O) groups excluding carboxylic acids is 1. The third-order valence-electron chi connectivity index (χ3n) is 5.26. The van der Waals surface area contributed by atoms with Gasteiger partial charge in [0, 0.05) is 41.8 Å². The first-order valence-corrected chi connectivity index (χ1v) is 9.46. The smallest absolute Gasteiger partial charge is 0.273 e. The summed E-state index contributed by atoms with van der Waals surface area (Å²) in [5.41, 5.74) is 1.74. The molecule has 1 saturated heterocycles. The van der Waals surface area contributed by atoms with E-state index in [1.165, 1.54) is 6.07 Å². The molecule has 0 radical (unpaired) electrons. The van der Waals surface area contributed by atoms with E-state index in [0.29, 0.717) is 48.8 Å². The number of benzene rings is 2. The third-order valence-corrected chi connectivity index (χ3v) is 5.26. The largest absolute Gasteiger partial charge is 0.339 e. The second kappa shape index (κ2) is 7.83. The zero-order valence-electron chi connectivity index (χ0n) is 15.9. The van der Waals surface area contributed by atoms with Crippen LogP contribution in [0.3, 0.4) is 0 Å². The summed E-state index contributed by atoms with van der Waals surface area (Å²) in [6.45, 7) is 2.73. The fourth-order valence-corrected chi connectivity index (χ4v) is 3.56. The molecule has 0 saturated carbocycles. The number of likely N-dealkylation sites (tertiary alicyclic amines) is 1. The van der Waals surface area contributed by atoms with Gasteiger partial charge in [0.2, 0.25) is 11.7 Å². The number of aromatic nitrogens is 2. The molecule has 2 heterocycles. The van der Waals surface area contributed by atoms with Crippen molar-refractivity contribution in [1.29, 1.82) is 0 Å². The lowest BCUT2D eigenvalue weighted by Gasteiger charge is -2.30. The lowest BCUT2D eigenvalue weighted by atomic mass is 9.96. The number of nitro benzene ring substituents is 1. The van der Waals surface area contributed by atoms with E-state index in [9.17, 15) is 14.9 Å². The predicted octanol–water partition coefficient (Wildman–Crippen LogP) is 3.97. The molecule has 1 aromatic heterocycles. The highest BCUT2D eigenvalue weighted by Crippen LogP contribution is 2.29. The third kappa shape index (κ3) is 3.87. The van der Waals surface area contributed by atoms with Crippen LogP contribution in [0, 0.1) is 17.0 Å². The van der Waals surface area contributed by atoms with Crippen LogP contribution in [0.25, 0.3) is 11.4 Å². The number of amides is 1. The summed E-state index contributed by atoms with van der Waals surface area (Å²) in [6, 6.07) is 14.2. The van der Waals surface area contributed by atoms with Crippen molar-refractivity contribution in [3.63, 3.8) is 0 Å². The van der Waals surface area contributed by atoms with E-state index in [0.717, 1.165) is 5.56 Å². The van der Waals surface area contributed by atoms with Crippen LogP contribution >= 0.6 is 0 Å². The Balaban J connectivity index is 1.42. The molecule has 1 aliphatic rings. The SMILES string of the molecule is Cc1ccc(C(=O)N2CCC(c3nc(-c4ccccc4)no3)CC2)cc1[N+](=O)[O-]. The van der Waals surface area contributed by atoms with E-state index < -0.39 is 4.92 Å². The van der Waals surface area contributed by atoms with Crippen LogP contribution < -0.4 is 0 Å². The van der Waals surface area contributed by atoms with Gasteiger partial charge in [0.15, 0.2) is 0 Å². The van der Waals surface area contributed by atoms with Crippen LogP contribution in [0.2, 0.25) is 0 Å². The van der Waals surface area contributed by atoms with Crippen LogP contribution in [0.5, 0.6) is 0 Å². The van der Waals surface area contributed by atoms with Gasteiger partial charge in [0.05, 0.1) is 4.92 Å². The number of nitro groups is 1. The minimum absolute atomic E-state index is 0.0370. The van der Waals surface area contributed by atoms with Crippen molar-refractivity contribution in [2.45, 2.75) is 25.7 Å². The topological polar surface area (TPSA) is 102 Å². The summed E-state index contributed by atoms with van der Waals surface area (Å²) in [5, 5.41) is 15.2. The van der Waals surface area contributed by atoms with Gasteiger partial charge in [-0.05, 0) is 25.8 Å². The molecule has 8 heteroatoms. The molecule has 1 aliphatic heterocycles. The molecule has 0 N–H and O–H groups in total. The summed E-state index contributed by atoms with van der Waals surface area (Å²) in [6.07, 6.45) is 1.41. The Morgan fingerprint density at radius 3 is 2.59 bits per heavy atom. The van der Waals surface area contributed by atoms with Gasteiger partial charge in [-0.2, -0.15) is 4.98 Å². The van der Waals surface area contributed by atoms with Gasteiger partial charge >= 0.3 is 0 Å². The second-order valence-corrected chi connectivity index (χ2v) is 7.15. The molecular formula is C21H20N4O4. The lowest BCUT2D eigenvalue weighted by molar-refractivity contribution is -0.385. The number of rotatable bonds is 4. The number of hydrogen-bond acceptors (Lipinski definition) is 6. The molecule has 8 nitrogen and oxygen atoms in total. The van der Waals surface area contributed by atoms with Crippen molar-refractivity contribution in [3.05, 3.63) is 75.7 Å². The van der Waals surface area contributed by atoms with Gasteiger partial charge in [-0.15, -0.1) is 0 Å². The second-order valence-electron chi connectivity index (χ2n) is 7.15. The van der Waals surface area contributed by atoms with E-state index >= 15 is 0 Å². The van der Waals surface area contributed by atoms with E-state index in [1.54, 1.807) is 24.0 Å². The molecule has 4 rings (SSSR count). The summed E-state index contributed by atoms with van der Waals surface area (Å²) < 4.78 is 5.45. The van der Waals surface area contributed by atoms with Crippen molar-refractivity contribution < 1.29 is 14.2 Å². The van der Waals surface area contributed by atoms with Crippen LogP contribution in [0.4, 0.5) is 5.69 Å². The van der Waals surface area contributed by atoms with Gasteiger partial charge in [0.25, 0.3) is 11.6 Å². The molecule has 0 spiro atoms. The molecule has 3 aromatic rings. The molecule has 0 unspecified atom stereocenters. The molecule has 2 aromatic carbocycles. The fourth-order valence-electron chi connectivity index (χ4n) is 3.56. The number of carbonyl (C=O) groups is 1. The molecule has 1 fully saturated rings. The monoisotopic (exact) mass is 392 g/mol. The van der Waals surface area contributed by atoms with Crippen molar-refractivity contribution in [2.75, 3.05) is 13.1 Å². The van der Waals surface area contributed by atoms with E-state index in [2.05, 4.69) is 10.1 Å². The Hall–Kier alpha value is -3.55. The minimum Gasteiger partial charge on any atom is -0.339 e. The van der Waals surface area contributed by atoms with E-state index in [1.807, 2.05) is 30.3 Å². The van der Waals surface area contributed by atoms with Crippen LogP contribution in [-0.4, -0.2) is 39.0 Å². The minimum atomic E-state index is -0.460. The first-order chi connectivity index (χ1) is 14.0. The number of piperidine rings is 1. The summed E-state index contributed by atoms with van der Waals surface area (Å²) >= 11 is 0.